The van der Waals surface area contributed by atoms with Gasteiger partial charge >= 0.3 is 11.3 Å². The van der Waals surface area contributed by atoms with E-state index in [1.54, 1.807) is 6.20 Å². The summed E-state index contributed by atoms with van der Waals surface area (Å²) in [5.74, 6) is -0.635. The number of hydrogen-bond donors (Lipinski definition) is 1. The molecular formula is C15H11ClF2N6O. The predicted molar refractivity (Wildman–Crippen MR) is 83.8 cm³/mol. The number of anilines is 1. The van der Waals surface area contributed by atoms with Gasteiger partial charge in [0.2, 0.25) is 11.8 Å². The number of nitrogens with one attached hydrogen (secondary N) is 1. The van der Waals surface area contributed by atoms with Crippen LogP contribution in [0.4, 0.5) is 14.7 Å². The highest BCUT2D eigenvalue weighted by Gasteiger charge is 2.46. The van der Waals surface area contributed by atoms with E-state index in [1.807, 2.05) is 18.2 Å². The number of rotatable bonds is 5. The van der Waals surface area contributed by atoms with E-state index in [-0.39, 0.29) is 11.4 Å². The van der Waals surface area contributed by atoms with Crippen LogP contribution < -0.4 is 5.32 Å². The third-order valence-corrected chi connectivity index (χ3v) is 4.00. The van der Waals surface area contributed by atoms with E-state index in [4.69, 9.17) is 11.6 Å². The number of aromatic nitrogens is 5. The lowest BCUT2D eigenvalue weighted by atomic mass is 10.1. The Bertz CT molecular complexity index is 877. The molecule has 0 saturated heterocycles. The van der Waals surface area contributed by atoms with E-state index in [0.717, 1.165) is 18.5 Å². The van der Waals surface area contributed by atoms with Crippen LogP contribution in [0, 0.1) is 0 Å². The Balaban J connectivity index is 1.52. The second-order valence-corrected chi connectivity index (χ2v) is 6.11. The minimum Gasteiger partial charge on any atom is -0.343 e. The fourth-order valence-electron chi connectivity index (χ4n) is 2.39. The number of nitrogens with zero attached hydrogens (tertiary/aromatic N) is 5. The molecule has 3 aromatic heterocycles. The van der Waals surface area contributed by atoms with Crippen molar-refractivity contribution >= 4 is 17.5 Å². The van der Waals surface area contributed by atoms with E-state index in [0.29, 0.717) is 11.5 Å². The first-order valence-electron chi connectivity index (χ1n) is 7.39. The number of halogens is 3. The molecule has 7 nitrogen and oxygen atoms in total. The van der Waals surface area contributed by atoms with Gasteiger partial charge in [-0.05, 0) is 36.6 Å². The molecule has 1 saturated carbocycles. The van der Waals surface area contributed by atoms with Gasteiger partial charge in [0.15, 0.2) is 0 Å². The van der Waals surface area contributed by atoms with Gasteiger partial charge in [0.25, 0.3) is 0 Å². The van der Waals surface area contributed by atoms with E-state index in [1.165, 1.54) is 12.4 Å². The van der Waals surface area contributed by atoms with Gasteiger partial charge in [-0.2, -0.15) is 13.8 Å². The maximum Gasteiger partial charge on any atom is 0.400 e. The minimum absolute atomic E-state index is 0.0623. The first-order chi connectivity index (χ1) is 12.0. The molecule has 3 heterocycles. The highest BCUT2D eigenvalue weighted by Crippen LogP contribution is 2.46. The molecule has 1 fully saturated rings. The molecule has 0 aromatic carbocycles. The molecule has 0 aliphatic heterocycles. The zero-order valence-electron chi connectivity index (χ0n) is 12.7. The Morgan fingerprint density at radius 1 is 1.16 bits per heavy atom. The fraction of sp³-hybridized carbons (Fsp3) is 0.267. The van der Waals surface area contributed by atoms with Gasteiger partial charge in [-0.25, -0.2) is 9.97 Å². The van der Waals surface area contributed by atoms with E-state index in [2.05, 4.69) is 34.9 Å². The van der Waals surface area contributed by atoms with Gasteiger partial charge in [0.1, 0.15) is 0 Å². The van der Waals surface area contributed by atoms with Gasteiger partial charge in [0.05, 0.1) is 16.8 Å². The normalized spacial score (nSPS) is 15.8. The number of hydrogen-bond acceptors (Lipinski definition) is 7. The minimum atomic E-state index is -3.71. The van der Waals surface area contributed by atoms with Crippen molar-refractivity contribution in [3.8, 4) is 11.4 Å². The van der Waals surface area contributed by atoms with Crippen LogP contribution in [0.25, 0.3) is 11.4 Å². The van der Waals surface area contributed by atoms with Gasteiger partial charge < -0.3 is 9.84 Å². The summed E-state index contributed by atoms with van der Waals surface area (Å²) in [6, 6.07) is 5.73. The number of pyridine rings is 1. The predicted octanol–water partition coefficient (Wildman–Crippen LogP) is 3.31. The quantitative estimate of drug-likeness (QED) is 0.694. The van der Waals surface area contributed by atoms with Crippen molar-refractivity contribution < 1.29 is 13.3 Å². The zero-order chi connectivity index (χ0) is 17.5. The molecular weight excluding hydrogens is 354 g/mol. The Labute approximate surface area is 145 Å². The van der Waals surface area contributed by atoms with Gasteiger partial charge in [0, 0.05) is 18.6 Å². The lowest BCUT2D eigenvalue weighted by Crippen LogP contribution is -2.21. The van der Waals surface area contributed by atoms with Crippen molar-refractivity contribution in [3.05, 3.63) is 48.4 Å². The lowest BCUT2D eigenvalue weighted by Gasteiger charge is -2.16. The first-order valence-corrected chi connectivity index (χ1v) is 7.77. The van der Waals surface area contributed by atoms with Crippen molar-refractivity contribution in [1.82, 2.24) is 25.1 Å². The Hall–Kier alpha value is -2.68. The van der Waals surface area contributed by atoms with Crippen LogP contribution in [0.3, 0.4) is 0 Å². The van der Waals surface area contributed by atoms with Crippen LogP contribution in [0.2, 0.25) is 0 Å². The van der Waals surface area contributed by atoms with Crippen LogP contribution >= 0.6 is 11.6 Å². The average Bonchev–Trinajstić information content (AvgIpc) is 3.20. The second-order valence-electron chi connectivity index (χ2n) is 5.64. The van der Waals surface area contributed by atoms with Gasteiger partial charge in [-0.3, -0.25) is 4.98 Å². The summed E-state index contributed by atoms with van der Waals surface area (Å²) < 4.78 is 30.3. The smallest absolute Gasteiger partial charge is 0.343 e. The topological polar surface area (TPSA) is 89.6 Å². The third-order valence-electron chi connectivity index (χ3n) is 3.83. The van der Waals surface area contributed by atoms with Crippen LogP contribution in [0.1, 0.15) is 24.4 Å². The molecule has 128 valence electrons. The molecule has 25 heavy (non-hydrogen) atoms. The molecule has 1 aliphatic rings. The lowest BCUT2D eigenvalue weighted by molar-refractivity contribution is 0.0551. The van der Waals surface area contributed by atoms with Gasteiger partial charge in [-0.15, -0.1) is 0 Å². The van der Waals surface area contributed by atoms with Crippen molar-refractivity contribution in [3.63, 3.8) is 0 Å². The standard InChI is InChI=1S/C15H11ClF2N6O/c16-15(17,18)12-22-11(24-25-12)9-7-20-13(21-8-9)23-14(4-5-14)10-3-1-2-6-19-10/h1-3,6-8H,4-5H2,(H,20,21,23). The SMILES string of the molecule is FC(F)(Cl)c1nc(-c2cnc(NC3(c4ccccn4)CC3)nc2)no1. The molecule has 0 radical (unpaired) electrons. The zero-order valence-corrected chi connectivity index (χ0v) is 13.4. The second kappa shape index (κ2) is 5.69. The Morgan fingerprint density at radius 2 is 1.92 bits per heavy atom. The van der Waals surface area contributed by atoms with Crippen LogP contribution in [-0.2, 0) is 10.9 Å². The van der Waals surface area contributed by atoms with Crippen LogP contribution in [0.5, 0.6) is 0 Å². The molecule has 0 spiro atoms. The van der Waals surface area contributed by atoms with E-state index < -0.39 is 11.3 Å². The van der Waals surface area contributed by atoms with Crippen LogP contribution in [-0.4, -0.2) is 25.1 Å². The van der Waals surface area contributed by atoms with E-state index in [9.17, 15) is 8.78 Å². The monoisotopic (exact) mass is 364 g/mol. The molecule has 0 amide bonds. The maximum atomic E-state index is 12.9. The summed E-state index contributed by atoms with van der Waals surface area (Å²) >= 11 is 4.85. The third kappa shape index (κ3) is 3.14. The van der Waals surface area contributed by atoms with Crippen molar-refractivity contribution in [1.29, 1.82) is 0 Å². The highest BCUT2D eigenvalue weighted by atomic mass is 35.5. The Morgan fingerprint density at radius 3 is 2.48 bits per heavy atom. The maximum absolute atomic E-state index is 12.9. The molecule has 0 bridgehead atoms. The summed E-state index contributed by atoms with van der Waals surface area (Å²) in [4.78, 5) is 16.3. The molecule has 10 heteroatoms. The summed E-state index contributed by atoms with van der Waals surface area (Å²) in [5, 5.41) is 3.01. The van der Waals surface area contributed by atoms with Crippen LogP contribution in [0.15, 0.2) is 41.3 Å². The van der Waals surface area contributed by atoms with Crippen molar-refractivity contribution in [2.45, 2.75) is 23.8 Å². The molecule has 1 aliphatic carbocycles. The summed E-state index contributed by atoms with van der Waals surface area (Å²) in [6.45, 7) is 0. The average molecular weight is 365 g/mol. The largest absolute Gasteiger partial charge is 0.400 e. The molecule has 0 atom stereocenters. The molecule has 1 N–H and O–H groups in total. The summed E-state index contributed by atoms with van der Waals surface area (Å²) in [5.41, 5.74) is 1.00. The first kappa shape index (κ1) is 15.8. The molecule has 4 rings (SSSR count). The summed E-state index contributed by atoms with van der Waals surface area (Å²) in [7, 11) is 0. The van der Waals surface area contributed by atoms with Gasteiger partial charge in [-0.1, -0.05) is 11.2 Å². The summed E-state index contributed by atoms with van der Waals surface area (Å²) in [6.07, 6.45) is 6.43. The Kier molecular flexibility index (Phi) is 3.60. The molecule has 0 unspecified atom stereocenters. The van der Waals surface area contributed by atoms with Crippen molar-refractivity contribution in [2.24, 2.45) is 0 Å². The fourth-order valence-corrected chi connectivity index (χ4v) is 2.47. The van der Waals surface area contributed by atoms with Crippen molar-refractivity contribution in [2.75, 3.05) is 5.32 Å². The highest BCUT2D eigenvalue weighted by molar-refractivity contribution is 6.21. The molecule has 3 aromatic rings. The van der Waals surface area contributed by atoms with E-state index >= 15 is 0 Å². The number of alkyl halides is 3.